The van der Waals surface area contributed by atoms with E-state index in [1.807, 2.05) is 6.92 Å². The maximum absolute atomic E-state index is 11.2. The fraction of sp³-hybridized carbons (Fsp3) is 0.333. The third kappa shape index (κ3) is 1.47. The Bertz CT molecular complexity index is 352. The highest BCUT2D eigenvalue weighted by atomic mass is 16.5. The lowest BCUT2D eigenvalue weighted by molar-refractivity contribution is 0.0587. The summed E-state index contributed by atoms with van der Waals surface area (Å²) >= 11 is 0. The summed E-state index contributed by atoms with van der Waals surface area (Å²) in [7, 11) is 3.01. The number of hydrogen-bond donors (Lipinski definition) is 0. The van der Waals surface area contributed by atoms with Crippen LogP contribution in [0.5, 0.6) is 0 Å². The first-order valence-corrected chi connectivity index (χ1v) is 3.81. The first-order valence-electron chi connectivity index (χ1n) is 3.81. The van der Waals surface area contributed by atoms with Crippen molar-refractivity contribution in [3.63, 3.8) is 0 Å². The molecule has 1 aromatic heterocycles. The summed E-state index contributed by atoms with van der Waals surface area (Å²) in [5.41, 5.74) is 1.52. The molecule has 4 nitrogen and oxygen atoms in total. The second kappa shape index (κ2) is 3.43. The van der Waals surface area contributed by atoms with Gasteiger partial charge in [0.25, 0.3) is 0 Å². The van der Waals surface area contributed by atoms with E-state index in [2.05, 4.69) is 4.74 Å². The number of methoxy groups -OCH3 is 1. The summed E-state index contributed by atoms with van der Waals surface area (Å²) in [5, 5.41) is 0. The number of hydrogen-bond acceptors (Lipinski definition) is 3. The van der Waals surface area contributed by atoms with Crippen molar-refractivity contribution in [1.82, 2.24) is 4.57 Å². The molecule has 70 valence electrons. The SMILES string of the molecule is COC(=O)c1c(C=O)cc(C)n1C. The second-order valence-corrected chi connectivity index (χ2v) is 2.76. The van der Waals surface area contributed by atoms with Gasteiger partial charge in [0.2, 0.25) is 0 Å². The third-order valence-electron chi connectivity index (χ3n) is 2.01. The van der Waals surface area contributed by atoms with Crippen molar-refractivity contribution in [1.29, 1.82) is 0 Å². The van der Waals surface area contributed by atoms with E-state index in [-0.39, 0.29) is 0 Å². The third-order valence-corrected chi connectivity index (χ3v) is 2.01. The van der Waals surface area contributed by atoms with E-state index >= 15 is 0 Å². The number of nitrogens with zero attached hydrogens (tertiary/aromatic N) is 1. The molecule has 0 radical (unpaired) electrons. The van der Waals surface area contributed by atoms with E-state index in [1.165, 1.54) is 7.11 Å². The van der Waals surface area contributed by atoms with Gasteiger partial charge in [0.1, 0.15) is 5.69 Å². The molecule has 0 spiro atoms. The molecule has 4 heteroatoms. The summed E-state index contributed by atoms with van der Waals surface area (Å²) in [6.07, 6.45) is 0.652. The van der Waals surface area contributed by atoms with Crippen LogP contribution in [-0.4, -0.2) is 23.9 Å². The summed E-state index contributed by atoms with van der Waals surface area (Å²) in [6, 6.07) is 1.65. The topological polar surface area (TPSA) is 48.3 Å². The van der Waals surface area contributed by atoms with E-state index in [9.17, 15) is 9.59 Å². The lowest BCUT2D eigenvalue weighted by Gasteiger charge is -2.02. The molecule has 13 heavy (non-hydrogen) atoms. The Morgan fingerprint density at radius 3 is 2.69 bits per heavy atom. The number of carbonyl (C=O) groups excluding carboxylic acids is 2. The van der Waals surface area contributed by atoms with Crippen molar-refractivity contribution in [2.75, 3.05) is 7.11 Å². The second-order valence-electron chi connectivity index (χ2n) is 2.76. The number of rotatable bonds is 2. The molecule has 1 heterocycles. The Labute approximate surface area is 76.1 Å². The molecule has 1 aromatic rings. The monoisotopic (exact) mass is 181 g/mol. The van der Waals surface area contributed by atoms with Crippen molar-refractivity contribution in [3.8, 4) is 0 Å². The largest absolute Gasteiger partial charge is 0.464 e. The summed E-state index contributed by atoms with van der Waals surface area (Å²) in [5.74, 6) is -0.488. The van der Waals surface area contributed by atoms with Crippen LogP contribution in [0, 0.1) is 6.92 Å². The van der Waals surface area contributed by atoms with Gasteiger partial charge >= 0.3 is 5.97 Å². The van der Waals surface area contributed by atoms with Crippen LogP contribution in [0.2, 0.25) is 0 Å². The zero-order valence-electron chi connectivity index (χ0n) is 7.83. The Kier molecular flexibility index (Phi) is 2.51. The van der Waals surface area contributed by atoms with Gasteiger partial charge in [-0.05, 0) is 13.0 Å². The van der Waals surface area contributed by atoms with Crippen LogP contribution in [-0.2, 0) is 11.8 Å². The van der Waals surface area contributed by atoms with Crippen molar-refractivity contribution >= 4 is 12.3 Å². The fourth-order valence-corrected chi connectivity index (χ4v) is 1.20. The number of aromatic nitrogens is 1. The molecule has 0 fully saturated rings. The van der Waals surface area contributed by atoms with Gasteiger partial charge in [0.15, 0.2) is 6.29 Å². The normalized spacial score (nSPS) is 9.77. The molecule has 0 saturated heterocycles. The molecule has 0 atom stereocenters. The van der Waals surface area contributed by atoms with Gasteiger partial charge in [-0.1, -0.05) is 0 Å². The van der Waals surface area contributed by atoms with Gasteiger partial charge in [-0.3, -0.25) is 4.79 Å². The van der Waals surface area contributed by atoms with Crippen molar-refractivity contribution in [2.24, 2.45) is 7.05 Å². The maximum Gasteiger partial charge on any atom is 0.355 e. The average molecular weight is 181 g/mol. The number of ether oxygens (including phenoxy) is 1. The van der Waals surface area contributed by atoms with Gasteiger partial charge in [-0.25, -0.2) is 4.79 Å². The van der Waals surface area contributed by atoms with E-state index in [4.69, 9.17) is 0 Å². The van der Waals surface area contributed by atoms with Crippen LogP contribution in [0.1, 0.15) is 26.5 Å². The number of esters is 1. The molecule has 0 amide bonds. The molecule has 0 aliphatic carbocycles. The molecule has 1 rings (SSSR count). The number of carbonyl (C=O) groups is 2. The average Bonchev–Trinajstić information content (AvgIpc) is 2.42. The van der Waals surface area contributed by atoms with E-state index in [1.54, 1.807) is 17.7 Å². The van der Waals surface area contributed by atoms with Gasteiger partial charge in [0, 0.05) is 18.3 Å². The minimum atomic E-state index is -0.488. The van der Waals surface area contributed by atoms with Crippen LogP contribution in [0.25, 0.3) is 0 Å². The number of aldehydes is 1. The van der Waals surface area contributed by atoms with Crippen molar-refractivity contribution < 1.29 is 14.3 Å². The highest BCUT2D eigenvalue weighted by Gasteiger charge is 2.17. The quantitative estimate of drug-likeness (QED) is 0.503. The summed E-state index contributed by atoms with van der Waals surface area (Å²) in [4.78, 5) is 21.8. The van der Waals surface area contributed by atoms with Gasteiger partial charge in [0.05, 0.1) is 7.11 Å². The lowest BCUT2D eigenvalue weighted by Crippen LogP contribution is -2.10. The highest BCUT2D eigenvalue weighted by molar-refractivity contribution is 5.97. The zero-order valence-corrected chi connectivity index (χ0v) is 7.83. The predicted molar refractivity (Wildman–Crippen MR) is 46.9 cm³/mol. The Balaban J connectivity index is 3.31. The van der Waals surface area contributed by atoms with Crippen LogP contribution in [0.4, 0.5) is 0 Å². The predicted octanol–water partition coefficient (Wildman–Crippen LogP) is 0.933. The smallest absolute Gasteiger partial charge is 0.355 e. The lowest BCUT2D eigenvalue weighted by atomic mass is 10.2. The van der Waals surface area contributed by atoms with Crippen LogP contribution >= 0.6 is 0 Å². The molecular weight excluding hydrogens is 170 g/mol. The highest BCUT2D eigenvalue weighted by Crippen LogP contribution is 2.13. The Hall–Kier alpha value is -1.58. The Morgan fingerprint density at radius 2 is 2.23 bits per heavy atom. The standard InChI is InChI=1S/C9H11NO3/c1-6-4-7(5-11)8(10(6)2)9(12)13-3/h4-5H,1-3H3. The number of aryl methyl sites for hydroxylation is 1. The maximum atomic E-state index is 11.2. The van der Waals surface area contributed by atoms with Crippen molar-refractivity contribution in [2.45, 2.75) is 6.92 Å². The molecule has 0 unspecified atom stereocenters. The minimum Gasteiger partial charge on any atom is -0.464 e. The fourth-order valence-electron chi connectivity index (χ4n) is 1.20. The molecule has 0 aliphatic rings. The first kappa shape index (κ1) is 9.51. The van der Waals surface area contributed by atoms with Crippen molar-refractivity contribution in [3.05, 3.63) is 23.0 Å². The summed E-state index contributed by atoms with van der Waals surface area (Å²) < 4.78 is 6.19. The van der Waals surface area contributed by atoms with Crippen LogP contribution in [0.3, 0.4) is 0 Å². The molecule has 0 bridgehead atoms. The van der Waals surface area contributed by atoms with Gasteiger partial charge in [-0.2, -0.15) is 0 Å². The molecule has 0 aliphatic heterocycles. The zero-order chi connectivity index (χ0) is 10.0. The summed E-state index contributed by atoms with van der Waals surface area (Å²) in [6.45, 7) is 1.82. The van der Waals surface area contributed by atoms with E-state index < -0.39 is 5.97 Å². The molecular formula is C9H11NO3. The van der Waals surface area contributed by atoms with Gasteiger partial charge < -0.3 is 9.30 Å². The molecule has 0 saturated carbocycles. The van der Waals surface area contributed by atoms with E-state index in [0.717, 1.165) is 5.69 Å². The molecule has 0 aromatic carbocycles. The first-order chi connectivity index (χ1) is 6.11. The van der Waals surface area contributed by atoms with E-state index in [0.29, 0.717) is 17.5 Å². The van der Waals surface area contributed by atoms with Crippen LogP contribution < -0.4 is 0 Å². The van der Waals surface area contributed by atoms with Gasteiger partial charge in [-0.15, -0.1) is 0 Å². The minimum absolute atomic E-state index is 0.301. The molecule has 0 N–H and O–H groups in total. The van der Waals surface area contributed by atoms with Crippen LogP contribution in [0.15, 0.2) is 6.07 Å². The Morgan fingerprint density at radius 1 is 1.62 bits per heavy atom.